The number of nitrogens with zero attached hydrogens (tertiary/aromatic N) is 1. The minimum Gasteiger partial charge on any atom is -0.456 e. The Morgan fingerprint density at radius 3 is 2.57 bits per heavy atom. The number of carbonyl (C=O) groups is 3. The number of benzene rings is 2. The fraction of sp³-hybridized carbons (Fsp3) is 0.167. The van der Waals surface area contributed by atoms with Crippen LogP contribution in [0.4, 0.5) is 10.1 Å². The second-order valence-electron chi connectivity index (χ2n) is 5.66. The summed E-state index contributed by atoms with van der Waals surface area (Å²) in [7, 11) is 0. The molecule has 0 aliphatic carbocycles. The average molecular weight is 409 g/mol. The van der Waals surface area contributed by atoms with E-state index in [0.717, 1.165) is 12.1 Å². The third-order valence-electron chi connectivity index (χ3n) is 3.60. The molecule has 1 N–H and O–H groups in total. The molecule has 10 heteroatoms. The van der Waals surface area contributed by atoms with Gasteiger partial charge in [0.25, 0.3) is 11.6 Å². The molecule has 0 fully saturated rings. The van der Waals surface area contributed by atoms with E-state index in [4.69, 9.17) is 16.3 Å². The number of halogens is 2. The maximum Gasteiger partial charge on any atom is 0.328 e. The molecular formula is C18H14ClFN2O6. The standard InChI is InChI=1S/C18H14ClFN2O6/c1-10(18(25)28-9-16(23)11-3-2-4-13(20)7-11)21-17(24)12-5-6-14(19)15(8-12)22(26)27/h2-8,10H,9H2,1H3,(H,21,24)/t10-/m0/s1. The van der Waals surface area contributed by atoms with Crippen LogP contribution in [0, 0.1) is 15.9 Å². The number of Topliss-reactive ketones (excluding diaryl/α,β-unsaturated/α-hetero) is 1. The lowest BCUT2D eigenvalue weighted by atomic mass is 10.1. The highest BCUT2D eigenvalue weighted by molar-refractivity contribution is 6.32. The molecule has 2 aromatic rings. The van der Waals surface area contributed by atoms with E-state index in [2.05, 4.69) is 5.32 Å². The third kappa shape index (κ3) is 5.34. The zero-order chi connectivity index (χ0) is 20.8. The maximum absolute atomic E-state index is 13.1. The van der Waals surface area contributed by atoms with E-state index < -0.39 is 46.7 Å². The summed E-state index contributed by atoms with van der Waals surface area (Å²) < 4.78 is 17.9. The van der Waals surface area contributed by atoms with E-state index in [1.165, 1.54) is 37.3 Å². The fourth-order valence-corrected chi connectivity index (χ4v) is 2.33. The van der Waals surface area contributed by atoms with Crippen LogP contribution in [0.25, 0.3) is 0 Å². The van der Waals surface area contributed by atoms with Crippen molar-refractivity contribution >= 4 is 34.9 Å². The van der Waals surface area contributed by atoms with Crippen molar-refractivity contribution in [3.8, 4) is 0 Å². The second-order valence-corrected chi connectivity index (χ2v) is 6.07. The number of ether oxygens (including phenoxy) is 1. The fourth-order valence-electron chi connectivity index (χ4n) is 2.14. The first-order chi connectivity index (χ1) is 13.2. The molecular weight excluding hydrogens is 395 g/mol. The van der Waals surface area contributed by atoms with Crippen LogP contribution in [0.15, 0.2) is 42.5 Å². The Morgan fingerprint density at radius 2 is 1.93 bits per heavy atom. The van der Waals surface area contributed by atoms with Crippen LogP contribution in [-0.2, 0) is 9.53 Å². The number of nitrogens with one attached hydrogen (secondary N) is 1. The lowest BCUT2D eigenvalue weighted by molar-refractivity contribution is -0.384. The minimum atomic E-state index is -1.14. The van der Waals surface area contributed by atoms with E-state index in [1.807, 2.05) is 0 Å². The molecule has 0 aliphatic rings. The van der Waals surface area contributed by atoms with Crippen molar-refractivity contribution in [1.82, 2.24) is 5.32 Å². The average Bonchev–Trinajstić information content (AvgIpc) is 2.65. The Labute approximate surface area is 163 Å². The predicted octanol–water partition coefficient (Wildman–Crippen LogP) is 2.93. The van der Waals surface area contributed by atoms with E-state index >= 15 is 0 Å². The predicted molar refractivity (Wildman–Crippen MR) is 96.7 cm³/mol. The lowest BCUT2D eigenvalue weighted by Crippen LogP contribution is -2.40. The van der Waals surface area contributed by atoms with Gasteiger partial charge in [-0.2, -0.15) is 0 Å². The highest BCUT2D eigenvalue weighted by Gasteiger charge is 2.22. The molecule has 146 valence electrons. The largest absolute Gasteiger partial charge is 0.456 e. The molecule has 0 saturated carbocycles. The van der Waals surface area contributed by atoms with Gasteiger partial charge in [-0.05, 0) is 31.2 Å². The van der Waals surface area contributed by atoms with Crippen molar-refractivity contribution in [1.29, 1.82) is 0 Å². The molecule has 0 unspecified atom stereocenters. The van der Waals surface area contributed by atoms with Crippen molar-refractivity contribution in [3.63, 3.8) is 0 Å². The first-order valence-electron chi connectivity index (χ1n) is 7.89. The molecule has 2 aromatic carbocycles. The van der Waals surface area contributed by atoms with Gasteiger partial charge in [-0.15, -0.1) is 0 Å². The molecule has 0 aromatic heterocycles. The van der Waals surface area contributed by atoms with Gasteiger partial charge < -0.3 is 10.1 Å². The molecule has 1 atom stereocenters. The van der Waals surface area contributed by atoms with Crippen LogP contribution in [0.5, 0.6) is 0 Å². The number of esters is 1. The highest BCUT2D eigenvalue weighted by Crippen LogP contribution is 2.25. The van der Waals surface area contributed by atoms with Crippen molar-refractivity contribution in [3.05, 3.63) is 74.5 Å². The van der Waals surface area contributed by atoms with Crippen LogP contribution in [0.2, 0.25) is 5.02 Å². The zero-order valence-electron chi connectivity index (χ0n) is 14.5. The first-order valence-corrected chi connectivity index (χ1v) is 8.27. The van der Waals surface area contributed by atoms with Crippen LogP contribution in [0.1, 0.15) is 27.6 Å². The smallest absolute Gasteiger partial charge is 0.328 e. The molecule has 8 nitrogen and oxygen atoms in total. The summed E-state index contributed by atoms with van der Waals surface area (Å²) in [4.78, 5) is 46.1. The number of nitro benzene ring substituents is 1. The number of carbonyl (C=O) groups excluding carboxylic acids is 3. The van der Waals surface area contributed by atoms with E-state index in [-0.39, 0.29) is 16.1 Å². The van der Waals surface area contributed by atoms with Gasteiger partial charge in [0.05, 0.1) is 4.92 Å². The van der Waals surface area contributed by atoms with Crippen LogP contribution in [0.3, 0.4) is 0 Å². The van der Waals surface area contributed by atoms with Crippen molar-refractivity contribution in [2.45, 2.75) is 13.0 Å². The van der Waals surface area contributed by atoms with Gasteiger partial charge in [0.1, 0.15) is 16.9 Å². The molecule has 0 radical (unpaired) electrons. The third-order valence-corrected chi connectivity index (χ3v) is 3.92. The number of ketones is 1. The Bertz CT molecular complexity index is 949. The molecule has 0 heterocycles. The monoisotopic (exact) mass is 408 g/mol. The van der Waals surface area contributed by atoms with Crippen LogP contribution >= 0.6 is 11.6 Å². The number of amides is 1. The topological polar surface area (TPSA) is 116 Å². The number of rotatable bonds is 7. The van der Waals surface area contributed by atoms with Gasteiger partial charge in [-0.1, -0.05) is 23.7 Å². The van der Waals surface area contributed by atoms with E-state index in [1.54, 1.807) is 0 Å². The molecule has 0 saturated heterocycles. The quantitative estimate of drug-likeness (QED) is 0.326. The molecule has 0 spiro atoms. The summed E-state index contributed by atoms with van der Waals surface area (Å²) in [5.74, 6) is -2.88. The van der Waals surface area contributed by atoms with Gasteiger partial charge in [0, 0.05) is 17.2 Å². The van der Waals surface area contributed by atoms with Crippen LogP contribution in [-0.4, -0.2) is 35.2 Å². The van der Waals surface area contributed by atoms with E-state index in [9.17, 15) is 28.9 Å². The van der Waals surface area contributed by atoms with Crippen molar-refractivity contribution in [2.24, 2.45) is 0 Å². The summed E-state index contributed by atoms with van der Waals surface area (Å²) in [6.07, 6.45) is 0. The maximum atomic E-state index is 13.1. The number of hydrogen-bond donors (Lipinski definition) is 1. The molecule has 0 aliphatic heterocycles. The lowest BCUT2D eigenvalue weighted by Gasteiger charge is -2.13. The Morgan fingerprint density at radius 1 is 1.21 bits per heavy atom. The molecule has 1 amide bonds. The van der Waals surface area contributed by atoms with Gasteiger partial charge in [-0.3, -0.25) is 19.7 Å². The van der Waals surface area contributed by atoms with Crippen molar-refractivity contribution in [2.75, 3.05) is 6.61 Å². The Hall–Kier alpha value is -3.33. The van der Waals surface area contributed by atoms with Gasteiger partial charge in [0.2, 0.25) is 0 Å². The molecule has 28 heavy (non-hydrogen) atoms. The molecule has 2 rings (SSSR count). The van der Waals surface area contributed by atoms with Crippen molar-refractivity contribution < 1.29 is 28.4 Å². The zero-order valence-corrected chi connectivity index (χ0v) is 15.2. The van der Waals surface area contributed by atoms with Gasteiger partial charge in [-0.25, -0.2) is 9.18 Å². The molecule has 0 bridgehead atoms. The SMILES string of the molecule is C[C@H](NC(=O)c1ccc(Cl)c([N+](=O)[O-])c1)C(=O)OCC(=O)c1cccc(F)c1. The first kappa shape index (κ1) is 21.0. The van der Waals surface area contributed by atoms with E-state index in [0.29, 0.717) is 0 Å². The summed E-state index contributed by atoms with van der Waals surface area (Å²) in [6, 6.07) is 7.18. The summed E-state index contributed by atoms with van der Waals surface area (Å²) >= 11 is 5.68. The Balaban J connectivity index is 1.95. The number of hydrogen-bond acceptors (Lipinski definition) is 6. The van der Waals surface area contributed by atoms with Crippen LogP contribution < -0.4 is 5.32 Å². The summed E-state index contributed by atoms with van der Waals surface area (Å²) in [6.45, 7) is 0.687. The Kier molecular flexibility index (Phi) is 6.78. The second kappa shape index (κ2) is 9.05. The normalized spacial score (nSPS) is 11.4. The minimum absolute atomic E-state index is 0.0398. The highest BCUT2D eigenvalue weighted by atomic mass is 35.5. The van der Waals surface area contributed by atoms with Gasteiger partial charge in [0.15, 0.2) is 12.4 Å². The summed E-state index contributed by atoms with van der Waals surface area (Å²) in [5.41, 5.74) is -0.491. The number of nitro groups is 1. The summed E-state index contributed by atoms with van der Waals surface area (Å²) in [5, 5.41) is 13.0. The van der Waals surface area contributed by atoms with Gasteiger partial charge >= 0.3 is 5.97 Å².